The maximum Gasteiger partial charge on any atom is 0.123 e. The van der Waals surface area contributed by atoms with Gasteiger partial charge >= 0.3 is 0 Å². The highest BCUT2D eigenvalue weighted by molar-refractivity contribution is 7.10. The second-order valence-corrected chi connectivity index (χ2v) is 9.18. The van der Waals surface area contributed by atoms with Gasteiger partial charge in [0, 0.05) is 50.1 Å². The summed E-state index contributed by atoms with van der Waals surface area (Å²) in [4.78, 5) is 6.37. The van der Waals surface area contributed by atoms with Gasteiger partial charge in [0.25, 0.3) is 0 Å². The number of hydrogen-bond donors (Lipinski definition) is 0. The van der Waals surface area contributed by atoms with Crippen LogP contribution < -0.4 is 0 Å². The van der Waals surface area contributed by atoms with Crippen LogP contribution in [0.1, 0.15) is 33.6 Å². The number of ether oxygens (including phenoxy) is 1. The number of rotatable bonds is 5. The van der Waals surface area contributed by atoms with Gasteiger partial charge in [0.1, 0.15) is 11.9 Å². The molecule has 0 aliphatic carbocycles. The average molecular weight is 423 g/mol. The summed E-state index contributed by atoms with van der Waals surface area (Å²) >= 11 is 1.83. The van der Waals surface area contributed by atoms with Gasteiger partial charge in [-0.1, -0.05) is 42.5 Å². The Balaban J connectivity index is 1.18. The van der Waals surface area contributed by atoms with Crippen molar-refractivity contribution in [3.05, 3.63) is 93.4 Å². The van der Waals surface area contributed by atoms with Gasteiger partial charge in [-0.3, -0.25) is 9.80 Å². The molecule has 0 saturated carbocycles. The minimum Gasteiger partial charge on any atom is -0.370 e. The molecule has 3 nitrogen and oxygen atoms in total. The highest BCUT2D eigenvalue weighted by Crippen LogP contribution is 2.41. The molecule has 5 rings (SSSR count). The maximum absolute atomic E-state index is 13.1. The summed E-state index contributed by atoms with van der Waals surface area (Å²) in [6, 6.07) is 19.9. The molecular formula is C25H27FN2OS. The number of fused-ring (bicyclic) bond motifs is 1. The molecule has 0 spiro atoms. The fourth-order valence-electron chi connectivity index (χ4n) is 4.57. The van der Waals surface area contributed by atoms with Crippen molar-refractivity contribution in [2.45, 2.75) is 18.6 Å². The molecule has 2 aromatic carbocycles. The van der Waals surface area contributed by atoms with Gasteiger partial charge in [-0.2, -0.15) is 0 Å². The standard InChI is InChI=1S/C25H27FN2OS/c26-21-8-6-19(7-9-21)16-27-11-13-28(14-12-27)17-24-25-22(10-15-30-25)23(18-29-24)20-4-2-1-3-5-20/h1-10,15,23-24H,11-14,16-18H2. The normalized spacial score (nSPS) is 22.7. The highest BCUT2D eigenvalue weighted by atomic mass is 32.1. The molecule has 2 aliphatic heterocycles. The predicted octanol–water partition coefficient (Wildman–Crippen LogP) is 4.91. The van der Waals surface area contributed by atoms with E-state index in [0.29, 0.717) is 5.92 Å². The molecule has 156 valence electrons. The number of nitrogens with zero attached hydrogens (tertiary/aromatic N) is 2. The Bertz CT molecular complexity index is 951. The first-order chi connectivity index (χ1) is 14.8. The Morgan fingerprint density at radius 3 is 2.40 bits per heavy atom. The average Bonchev–Trinajstić information content (AvgIpc) is 3.28. The van der Waals surface area contributed by atoms with E-state index in [0.717, 1.165) is 45.9 Å². The minimum absolute atomic E-state index is 0.168. The van der Waals surface area contributed by atoms with Crippen molar-refractivity contribution in [3.63, 3.8) is 0 Å². The topological polar surface area (TPSA) is 15.7 Å². The second kappa shape index (κ2) is 8.98. The fraction of sp³-hybridized carbons (Fsp3) is 0.360. The van der Waals surface area contributed by atoms with Crippen molar-refractivity contribution in [3.8, 4) is 0 Å². The lowest BCUT2D eigenvalue weighted by Gasteiger charge is -2.38. The van der Waals surface area contributed by atoms with Crippen LogP contribution in [0.3, 0.4) is 0 Å². The number of thiophene rings is 1. The van der Waals surface area contributed by atoms with E-state index in [1.54, 1.807) is 12.1 Å². The molecule has 0 amide bonds. The molecule has 2 atom stereocenters. The van der Waals surface area contributed by atoms with E-state index in [9.17, 15) is 4.39 Å². The van der Waals surface area contributed by atoms with Gasteiger partial charge in [0.05, 0.1) is 6.61 Å². The van der Waals surface area contributed by atoms with Gasteiger partial charge in [0.15, 0.2) is 0 Å². The first-order valence-corrected chi connectivity index (χ1v) is 11.6. The van der Waals surface area contributed by atoms with Gasteiger partial charge < -0.3 is 4.74 Å². The van der Waals surface area contributed by atoms with Crippen LogP contribution in [0.4, 0.5) is 4.39 Å². The third-order valence-corrected chi connectivity index (χ3v) is 7.29. The highest BCUT2D eigenvalue weighted by Gasteiger charge is 2.32. The molecule has 2 unspecified atom stereocenters. The van der Waals surface area contributed by atoms with Crippen LogP contribution in [0.5, 0.6) is 0 Å². The zero-order valence-electron chi connectivity index (χ0n) is 17.0. The van der Waals surface area contributed by atoms with Crippen LogP contribution >= 0.6 is 11.3 Å². The smallest absolute Gasteiger partial charge is 0.123 e. The van der Waals surface area contributed by atoms with Crippen LogP contribution in [-0.4, -0.2) is 49.1 Å². The van der Waals surface area contributed by atoms with Crippen molar-refractivity contribution >= 4 is 11.3 Å². The van der Waals surface area contributed by atoms with E-state index in [1.165, 1.54) is 21.6 Å². The summed E-state index contributed by atoms with van der Waals surface area (Å²) in [6.45, 7) is 6.76. The first-order valence-electron chi connectivity index (χ1n) is 10.7. The maximum atomic E-state index is 13.1. The molecule has 2 aliphatic rings. The zero-order valence-corrected chi connectivity index (χ0v) is 17.9. The quantitative estimate of drug-likeness (QED) is 0.581. The molecule has 3 aromatic rings. The van der Waals surface area contributed by atoms with Crippen molar-refractivity contribution in [2.24, 2.45) is 0 Å². The number of benzene rings is 2. The van der Waals surface area contributed by atoms with Gasteiger partial charge in [-0.15, -0.1) is 11.3 Å². The largest absolute Gasteiger partial charge is 0.370 e. The molecule has 0 radical (unpaired) electrons. The number of halogens is 1. The molecule has 1 aromatic heterocycles. The lowest BCUT2D eigenvalue weighted by Crippen LogP contribution is -2.47. The molecule has 0 N–H and O–H groups in total. The van der Waals surface area contributed by atoms with Crippen LogP contribution in [0.2, 0.25) is 0 Å². The summed E-state index contributed by atoms with van der Waals surface area (Å²) in [6.07, 6.45) is 0.170. The second-order valence-electron chi connectivity index (χ2n) is 8.23. The van der Waals surface area contributed by atoms with E-state index in [1.807, 2.05) is 23.5 Å². The van der Waals surface area contributed by atoms with Crippen molar-refractivity contribution in [1.82, 2.24) is 9.80 Å². The van der Waals surface area contributed by atoms with Crippen molar-refractivity contribution in [2.75, 3.05) is 39.3 Å². The molecule has 1 saturated heterocycles. The van der Waals surface area contributed by atoms with E-state index in [4.69, 9.17) is 4.74 Å². The molecule has 1 fully saturated rings. The lowest BCUT2D eigenvalue weighted by atomic mass is 9.89. The van der Waals surface area contributed by atoms with Crippen LogP contribution in [0.15, 0.2) is 66.0 Å². The SMILES string of the molecule is Fc1ccc(CN2CCN(CC3OCC(c4ccccc4)c4ccsc43)CC2)cc1. The Morgan fingerprint density at radius 1 is 0.900 bits per heavy atom. The van der Waals surface area contributed by atoms with Gasteiger partial charge in [0.2, 0.25) is 0 Å². The molecular weight excluding hydrogens is 395 g/mol. The van der Waals surface area contributed by atoms with E-state index in [-0.39, 0.29) is 11.9 Å². The van der Waals surface area contributed by atoms with E-state index < -0.39 is 0 Å². The molecule has 30 heavy (non-hydrogen) atoms. The Hall–Kier alpha value is -2.05. The minimum atomic E-state index is -0.168. The van der Waals surface area contributed by atoms with E-state index >= 15 is 0 Å². The van der Waals surface area contributed by atoms with Gasteiger partial charge in [-0.05, 0) is 40.3 Å². The first kappa shape index (κ1) is 19.9. The third kappa shape index (κ3) is 4.35. The van der Waals surface area contributed by atoms with E-state index in [2.05, 4.69) is 51.6 Å². The summed E-state index contributed by atoms with van der Waals surface area (Å²) in [7, 11) is 0. The van der Waals surface area contributed by atoms with Crippen LogP contribution in [0, 0.1) is 5.82 Å². The van der Waals surface area contributed by atoms with Crippen molar-refractivity contribution in [1.29, 1.82) is 0 Å². The van der Waals surface area contributed by atoms with Crippen molar-refractivity contribution < 1.29 is 9.13 Å². The Labute approximate surface area is 181 Å². The van der Waals surface area contributed by atoms with Crippen LogP contribution in [0.25, 0.3) is 0 Å². The Kier molecular flexibility index (Phi) is 5.95. The number of hydrogen-bond acceptors (Lipinski definition) is 4. The fourth-order valence-corrected chi connectivity index (χ4v) is 5.57. The molecule has 0 bridgehead atoms. The molecule has 3 heterocycles. The number of piperazine rings is 1. The monoisotopic (exact) mass is 422 g/mol. The Morgan fingerprint density at radius 2 is 1.63 bits per heavy atom. The summed E-state index contributed by atoms with van der Waals surface area (Å²) in [5.74, 6) is 0.176. The third-order valence-electron chi connectivity index (χ3n) is 6.27. The zero-order chi connectivity index (χ0) is 20.3. The van der Waals surface area contributed by atoms with Gasteiger partial charge in [-0.25, -0.2) is 4.39 Å². The lowest BCUT2D eigenvalue weighted by molar-refractivity contribution is 0.000582. The molecule has 5 heteroatoms. The van der Waals surface area contributed by atoms with Crippen LogP contribution in [-0.2, 0) is 11.3 Å². The predicted molar refractivity (Wildman–Crippen MR) is 119 cm³/mol. The summed E-state index contributed by atoms with van der Waals surface area (Å²) < 4.78 is 19.5. The summed E-state index contributed by atoms with van der Waals surface area (Å²) in [5.41, 5.74) is 3.96. The summed E-state index contributed by atoms with van der Waals surface area (Å²) in [5, 5.41) is 2.21.